The third-order valence-electron chi connectivity index (χ3n) is 5.40. The van der Waals surface area contributed by atoms with Gasteiger partial charge in [-0.25, -0.2) is 9.97 Å². The van der Waals surface area contributed by atoms with Crippen molar-refractivity contribution in [1.29, 1.82) is 0 Å². The molecule has 3 heterocycles. The maximum atomic E-state index is 5.39. The molecule has 0 N–H and O–H groups in total. The molecule has 1 aliphatic heterocycles. The average Bonchev–Trinajstić information content (AvgIpc) is 3.33. The predicted molar refractivity (Wildman–Crippen MR) is 116 cm³/mol. The van der Waals surface area contributed by atoms with Crippen LogP contribution in [-0.2, 0) is 0 Å². The van der Waals surface area contributed by atoms with Crippen molar-refractivity contribution in [2.24, 2.45) is 0 Å². The minimum Gasteiger partial charge on any atom is -0.497 e. The first-order chi connectivity index (χ1) is 14.3. The van der Waals surface area contributed by atoms with Gasteiger partial charge in [0, 0.05) is 36.4 Å². The van der Waals surface area contributed by atoms with Crippen LogP contribution in [0.1, 0.15) is 12.8 Å². The fourth-order valence-corrected chi connectivity index (χ4v) is 3.89. The van der Waals surface area contributed by atoms with E-state index in [0.717, 1.165) is 58.1 Å². The van der Waals surface area contributed by atoms with Crippen LogP contribution in [0.2, 0.25) is 0 Å². The smallest absolute Gasteiger partial charge is 0.163 e. The highest BCUT2D eigenvalue weighted by Crippen LogP contribution is 2.33. The van der Waals surface area contributed by atoms with Crippen LogP contribution in [0, 0.1) is 0 Å². The Morgan fingerprint density at radius 3 is 2.48 bits per heavy atom. The molecule has 0 spiro atoms. The van der Waals surface area contributed by atoms with Crippen LogP contribution in [0.4, 0.5) is 5.82 Å². The second-order valence-electron chi connectivity index (χ2n) is 7.27. The summed E-state index contributed by atoms with van der Waals surface area (Å²) in [5.74, 6) is 2.59. The molecule has 0 amide bonds. The first-order valence-electron chi connectivity index (χ1n) is 9.93. The molecule has 29 heavy (non-hydrogen) atoms. The zero-order chi connectivity index (χ0) is 19.6. The second-order valence-corrected chi connectivity index (χ2v) is 7.27. The van der Waals surface area contributed by atoms with E-state index in [1.807, 2.05) is 30.5 Å². The summed E-state index contributed by atoms with van der Waals surface area (Å²) in [4.78, 5) is 16.4. The van der Waals surface area contributed by atoms with Crippen molar-refractivity contribution in [3.63, 3.8) is 0 Å². The van der Waals surface area contributed by atoms with E-state index in [4.69, 9.17) is 14.7 Å². The van der Waals surface area contributed by atoms with Crippen LogP contribution < -0.4 is 9.64 Å². The Morgan fingerprint density at radius 1 is 0.862 bits per heavy atom. The lowest BCUT2D eigenvalue weighted by Gasteiger charge is -2.20. The molecule has 2 aromatic heterocycles. The van der Waals surface area contributed by atoms with Crippen molar-refractivity contribution in [1.82, 2.24) is 15.0 Å². The Hall–Kier alpha value is -3.47. The zero-order valence-electron chi connectivity index (χ0n) is 16.4. The van der Waals surface area contributed by atoms with Crippen LogP contribution in [0.15, 0.2) is 67.0 Å². The summed E-state index contributed by atoms with van der Waals surface area (Å²) in [6.07, 6.45) is 5.98. The van der Waals surface area contributed by atoms with Crippen LogP contribution in [0.3, 0.4) is 0 Å². The van der Waals surface area contributed by atoms with E-state index in [2.05, 4.69) is 40.2 Å². The molecule has 0 radical (unpaired) electrons. The Kier molecular flexibility index (Phi) is 4.56. The standard InChI is InChI=1S/C24H22N4O/c1-29-20-8-4-6-17(14-20)18-9-10-22-21(15-18)24(28-12-2-3-13-28)27-23(26-22)19-7-5-11-25-16-19/h4-11,14-16H,2-3,12-13H2,1H3. The number of hydrogen-bond donors (Lipinski definition) is 0. The Bertz CT molecular complexity index is 1150. The van der Waals surface area contributed by atoms with E-state index >= 15 is 0 Å². The van der Waals surface area contributed by atoms with Gasteiger partial charge in [-0.2, -0.15) is 0 Å². The monoisotopic (exact) mass is 382 g/mol. The van der Waals surface area contributed by atoms with E-state index in [1.165, 1.54) is 12.8 Å². The number of benzene rings is 2. The maximum Gasteiger partial charge on any atom is 0.163 e. The minimum atomic E-state index is 0.724. The topological polar surface area (TPSA) is 51.1 Å². The molecule has 5 rings (SSSR count). The number of pyridine rings is 1. The molecule has 5 nitrogen and oxygen atoms in total. The lowest BCUT2D eigenvalue weighted by molar-refractivity contribution is 0.415. The number of ether oxygens (including phenoxy) is 1. The van der Waals surface area contributed by atoms with E-state index in [9.17, 15) is 0 Å². The van der Waals surface area contributed by atoms with Gasteiger partial charge in [0.2, 0.25) is 0 Å². The van der Waals surface area contributed by atoms with Gasteiger partial charge in [0.25, 0.3) is 0 Å². The maximum absolute atomic E-state index is 5.39. The molecule has 0 atom stereocenters. The van der Waals surface area contributed by atoms with E-state index < -0.39 is 0 Å². The van der Waals surface area contributed by atoms with Gasteiger partial charge in [0.15, 0.2) is 5.82 Å². The van der Waals surface area contributed by atoms with Gasteiger partial charge in [-0.05, 0) is 60.4 Å². The first-order valence-corrected chi connectivity index (χ1v) is 9.93. The van der Waals surface area contributed by atoms with E-state index in [1.54, 1.807) is 13.3 Å². The summed E-state index contributed by atoms with van der Waals surface area (Å²) >= 11 is 0. The Labute approximate surface area is 170 Å². The van der Waals surface area contributed by atoms with Gasteiger partial charge in [-0.1, -0.05) is 18.2 Å². The minimum absolute atomic E-state index is 0.724. The van der Waals surface area contributed by atoms with Crippen LogP contribution in [0.5, 0.6) is 5.75 Å². The van der Waals surface area contributed by atoms with Gasteiger partial charge in [-0.15, -0.1) is 0 Å². The van der Waals surface area contributed by atoms with Crippen molar-refractivity contribution in [3.05, 3.63) is 67.0 Å². The van der Waals surface area contributed by atoms with Crippen molar-refractivity contribution < 1.29 is 4.74 Å². The van der Waals surface area contributed by atoms with Crippen molar-refractivity contribution in [2.75, 3.05) is 25.1 Å². The first kappa shape index (κ1) is 17.6. The Balaban J connectivity index is 1.68. The highest BCUT2D eigenvalue weighted by Gasteiger charge is 2.19. The summed E-state index contributed by atoms with van der Waals surface area (Å²) in [5.41, 5.74) is 4.14. The fourth-order valence-electron chi connectivity index (χ4n) is 3.89. The molecule has 5 heteroatoms. The average molecular weight is 382 g/mol. The van der Waals surface area contributed by atoms with Crippen LogP contribution in [0.25, 0.3) is 33.4 Å². The summed E-state index contributed by atoms with van der Waals surface area (Å²) in [5, 5.41) is 1.08. The number of nitrogens with zero attached hydrogens (tertiary/aromatic N) is 4. The quantitative estimate of drug-likeness (QED) is 0.499. The third-order valence-corrected chi connectivity index (χ3v) is 5.40. The van der Waals surface area contributed by atoms with Crippen molar-refractivity contribution in [3.8, 4) is 28.3 Å². The molecule has 0 unspecified atom stereocenters. The second kappa shape index (κ2) is 7.51. The number of methoxy groups -OCH3 is 1. The molecule has 4 aromatic rings. The predicted octanol–water partition coefficient (Wildman–Crippen LogP) is 4.97. The molecular formula is C24H22N4O. The van der Waals surface area contributed by atoms with Crippen molar-refractivity contribution >= 4 is 16.7 Å². The number of rotatable bonds is 4. The number of fused-ring (bicyclic) bond motifs is 1. The largest absolute Gasteiger partial charge is 0.497 e. The normalized spacial score (nSPS) is 13.8. The molecule has 2 aromatic carbocycles. The highest BCUT2D eigenvalue weighted by atomic mass is 16.5. The highest BCUT2D eigenvalue weighted by molar-refractivity contribution is 5.94. The summed E-state index contributed by atoms with van der Waals surface area (Å²) in [6.45, 7) is 2.06. The number of hydrogen-bond acceptors (Lipinski definition) is 5. The van der Waals surface area contributed by atoms with Gasteiger partial charge < -0.3 is 9.64 Å². The lowest BCUT2D eigenvalue weighted by Crippen LogP contribution is -2.20. The fraction of sp³-hybridized carbons (Fsp3) is 0.208. The van der Waals surface area contributed by atoms with Gasteiger partial charge in [0.1, 0.15) is 11.6 Å². The molecule has 1 fully saturated rings. The van der Waals surface area contributed by atoms with Gasteiger partial charge in [-0.3, -0.25) is 4.98 Å². The van der Waals surface area contributed by atoms with Crippen LogP contribution >= 0.6 is 0 Å². The SMILES string of the molecule is COc1cccc(-c2ccc3nc(-c4cccnc4)nc(N4CCCC4)c3c2)c1. The van der Waals surface area contributed by atoms with Crippen LogP contribution in [-0.4, -0.2) is 35.2 Å². The molecule has 0 bridgehead atoms. The van der Waals surface area contributed by atoms with Gasteiger partial charge in [0.05, 0.1) is 12.6 Å². The molecule has 144 valence electrons. The molecular weight excluding hydrogens is 360 g/mol. The van der Waals surface area contributed by atoms with E-state index in [0.29, 0.717) is 0 Å². The van der Waals surface area contributed by atoms with Crippen molar-refractivity contribution in [2.45, 2.75) is 12.8 Å². The van der Waals surface area contributed by atoms with Gasteiger partial charge >= 0.3 is 0 Å². The molecule has 1 saturated heterocycles. The zero-order valence-corrected chi connectivity index (χ0v) is 16.4. The third kappa shape index (κ3) is 3.40. The molecule has 0 saturated carbocycles. The summed E-state index contributed by atoms with van der Waals surface area (Å²) < 4.78 is 5.39. The van der Waals surface area contributed by atoms with E-state index in [-0.39, 0.29) is 0 Å². The summed E-state index contributed by atoms with van der Waals surface area (Å²) in [7, 11) is 1.69. The number of aromatic nitrogens is 3. The summed E-state index contributed by atoms with van der Waals surface area (Å²) in [6, 6.07) is 18.5. The Morgan fingerprint density at radius 2 is 1.69 bits per heavy atom. The molecule has 1 aliphatic rings. The number of anilines is 1. The molecule has 0 aliphatic carbocycles. The lowest BCUT2D eigenvalue weighted by atomic mass is 10.0.